The van der Waals surface area contributed by atoms with Gasteiger partial charge in [0.1, 0.15) is 6.04 Å². The van der Waals surface area contributed by atoms with Crippen LogP contribution in [-0.4, -0.2) is 30.4 Å². The van der Waals surface area contributed by atoms with Crippen molar-refractivity contribution in [2.24, 2.45) is 11.8 Å². The van der Waals surface area contributed by atoms with Crippen molar-refractivity contribution in [1.29, 1.82) is 0 Å². The number of nitrogens with one attached hydrogen (secondary N) is 1. The molecule has 0 spiro atoms. The van der Waals surface area contributed by atoms with Gasteiger partial charge in [0.2, 0.25) is 5.91 Å². The van der Waals surface area contributed by atoms with Crippen LogP contribution in [0.4, 0.5) is 0 Å². The molecule has 0 aromatic heterocycles. The second-order valence-electron chi connectivity index (χ2n) is 5.39. The Morgan fingerprint density at radius 2 is 2.00 bits per heavy atom. The van der Waals surface area contributed by atoms with Crippen LogP contribution in [0.3, 0.4) is 0 Å². The Kier molecular flexibility index (Phi) is 4.31. The molecule has 98 valence electrons. The number of hydrogen-bond donors (Lipinski definition) is 1. The predicted octanol–water partition coefficient (Wildman–Crippen LogP) is 1.53. The molecule has 1 aliphatic rings. The number of ether oxygens (including phenoxy) is 1. The maximum absolute atomic E-state index is 11.9. The van der Waals surface area contributed by atoms with Crippen LogP contribution in [-0.2, 0) is 14.3 Å². The van der Waals surface area contributed by atoms with Crippen LogP contribution in [0.5, 0.6) is 0 Å². The van der Waals surface area contributed by atoms with Gasteiger partial charge in [0, 0.05) is 19.4 Å². The van der Waals surface area contributed by atoms with E-state index in [0.717, 1.165) is 6.42 Å². The molecule has 0 saturated heterocycles. The topological polar surface area (TPSA) is 55.4 Å². The lowest BCUT2D eigenvalue weighted by molar-refractivity contribution is -0.135. The van der Waals surface area contributed by atoms with Crippen molar-refractivity contribution in [2.75, 3.05) is 7.11 Å². The van der Waals surface area contributed by atoms with Crippen molar-refractivity contribution in [1.82, 2.24) is 5.32 Å². The Hall–Kier alpha value is -0.900. The van der Waals surface area contributed by atoms with Gasteiger partial charge in [-0.1, -0.05) is 13.8 Å². The molecule has 1 amide bonds. The third-order valence-electron chi connectivity index (χ3n) is 3.62. The monoisotopic (exact) mass is 241 g/mol. The molecule has 17 heavy (non-hydrogen) atoms. The highest BCUT2D eigenvalue weighted by molar-refractivity contribution is 5.91. The van der Waals surface area contributed by atoms with Crippen molar-refractivity contribution in [2.45, 2.75) is 52.2 Å². The summed E-state index contributed by atoms with van der Waals surface area (Å²) in [6.45, 7) is 7.49. The molecule has 0 aliphatic heterocycles. The number of Topliss-reactive ketones (excluding diaryl/α,β-unsaturated/α-hetero) is 1. The van der Waals surface area contributed by atoms with Crippen LogP contribution < -0.4 is 5.32 Å². The number of amides is 1. The molecule has 4 nitrogen and oxygen atoms in total. The molecular weight excluding hydrogens is 218 g/mol. The van der Waals surface area contributed by atoms with Gasteiger partial charge in [-0.15, -0.1) is 0 Å². The molecule has 1 aliphatic carbocycles. The van der Waals surface area contributed by atoms with E-state index in [2.05, 4.69) is 5.32 Å². The quantitative estimate of drug-likeness (QED) is 0.767. The van der Waals surface area contributed by atoms with Gasteiger partial charge in [-0.2, -0.15) is 0 Å². The summed E-state index contributed by atoms with van der Waals surface area (Å²) < 4.78 is 5.32. The summed E-state index contributed by atoms with van der Waals surface area (Å²) in [5.74, 6) is 0.515. The lowest BCUT2D eigenvalue weighted by atomic mass is 9.93. The molecule has 0 radical (unpaired) electrons. The van der Waals surface area contributed by atoms with Crippen LogP contribution in [0.2, 0.25) is 0 Å². The van der Waals surface area contributed by atoms with E-state index >= 15 is 0 Å². The van der Waals surface area contributed by atoms with Gasteiger partial charge in [-0.25, -0.2) is 0 Å². The SMILES string of the molecule is CCC(=O)C(NC(=O)C1C[C@H]1C)C(C)(C)OC. The van der Waals surface area contributed by atoms with E-state index in [0.29, 0.717) is 12.3 Å². The second-order valence-corrected chi connectivity index (χ2v) is 5.39. The summed E-state index contributed by atoms with van der Waals surface area (Å²) in [5.41, 5.74) is -0.666. The molecular formula is C13H23NO3. The van der Waals surface area contributed by atoms with Crippen LogP contribution in [0, 0.1) is 11.8 Å². The predicted molar refractivity (Wildman–Crippen MR) is 65.6 cm³/mol. The minimum absolute atomic E-state index is 0.0125. The van der Waals surface area contributed by atoms with Crippen molar-refractivity contribution >= 4 is 11.7 Å². The maximum Gasteiger partial charge on any atom is 0.224 e. The molecule has 4 heteroatoms. The molecule has 2 unspecified atom stereocenters. The van der Waals surface area contributed by atoms with Gasteiger partial charge in [0.25, 0.3) is 0 Å². The molecule has 1 saturated carbocycles. The van der Waals surface area contributed by atoms with Crippen LogP contribution in [0.15, 0.2) is 0 Å². The first-order valence-electron chi connectivity index (χ1n) is 6.21. The summed E-state index contributed by atoms with van der Waals surface area (Å²) in [6, 6.07) is -0.558. The molecule has 0 aromatic rings. The lowest BCUT2D eigenvalue weighted by Gasteiger charge is -2.32. The van der Waals surface area contributed by atoms with Gasteiger partial charge >= 0.3 is 0 Å². The maximum atomic E-state index is 11.9. The minimum Gasteiger partial charge on any atom is -0.376 e. The van der Waals surface area contributed by atoms with E-state index in [-0.39, 0.29) is 17.6 Å². The van der Waals surface area contributed by atoms with Gasteiger partial charge in [0.05, 0.1) is 5.60 Å². The Balaban J connectivity index is 2.70. The Morgan fingerprint density at radius 1 is 1.47 bits per heavy atom. The molecule has 1 rings (SSSR count). The van der Waals surface area contributed by atoms with E-state index in [4.69, 9.17) is 4.74 Å². The van der Waals surface area contributed by atoms with Crippen molar-refractivity contribution in [3.63, 3.8) is 0 Å². The smallest absolute Gasteiger partial charge is 0.224 e. The van der Waals surface area contributed by atoms with Crippen molar-refractivity contribution in [3.05, 3.63) is 0 Å². The average Bonchev–Trinajstić information content (AvgIpc) is 3.01. The van der Waals surface area contributed by atoms with Gasteiger partial charge in [-0.3, -0.25) is 9.59 Å². The standard InChI is InChI=1S/C13H23NO3/c1-6-10(15)11(13(3,4)17-5)14-12(16)9-7-8(9)2/h8-9,11H,6-7H2,1-5H3,(H,14,16)/t8-,9?,11?/m1/s1. The molecule has 0 heterocycles. The van der Waals surface area contributed by atoms with Crippen LogP contribution in [0.1, 0.15) is 40.5 Å². The number of ketones is 1. The van der Waals surface area contributed by atoms with Gasteiger partial charge in [-0.05, 0) is 26.2 Å². The zero-order valence-electron chi connectivity index (χ0n) is 11.4. The van der Waals surface area contributed by atoms with Crippen molar-refractivity contribution < 1.29 is 14.3 Å². The highest BCUT2D eigenvalue weighted by Gasteiger charge is 2.43. The van der Waals surface area contributed by atoms with E-state index in [1.54, 1.807) is 14.0 Å². The minimum atomic E-state index is -0.666. The van der Waals surface area contributed by atoms with Crippen LogP contribution in [0.25, 0.3) is 0 Å². The highest BCUT2D eigenvalue weighted by Crippen LogP contribution is 2.38. The number of hydrogen-bond acceptors (Lipinski definition) is 3. The molecule has 1 fully saturated rings. The molecule has 0 aromatic carbocycles. The zero-order chi connectivity index (χ0) is 13.2. The fraction of sp³-hybridized carbons (Fsp3) is 0.846. The Morgan fingerprint density at radius 3 is 2.35 bits per heavy atom. The number of methoxy groups -OCH3 is 1. The van der Waals surface area contributed by atoms with E-state index in [1.807, 2.05) is 20.8 Å². The summed E-state index contributed by atoms with van der Waals surface area (Å²) >= 11 is 0. The summed E-state index contributed by atoms with van der Waals surface area (Å²) in [7, 11) is 1.56. The number of carbonyl (C=O) groups excluding carboxylic acids is 2. The first kappa shape index (κ1) is 14.2. The average molecular weight is 241 g/mol. The summed E-state index contributed by atoms with van der Waals surface area (Å²) in [5, 5.41) is 2.84. The lowest BCUT2D eigenvalue weighted by Crippen LogP contribution is -2.55. The first-order valence-corrected chi connectivity index (χ1v) is 6.21. The largest absolute Gasteiger partial charge is 0.376 e. The second kappa shape index (κ2) is 5.17. The van der Waals surface area contributed by atoms with Crippen LogP contribution >= 0.6 is 0 Å². The summed E-state index contributed by atoms with van der Waals surface area (Å²) in [6.07, 6.45) is 1.32. The van der Waals surface area contributed by atoms with E-state index in [1.165, 1.54) is 0 Å². The third kappa shape index (κ3) is 3.28. The Labute approximate surface area is 103 Å². The summed E-state index contributed by atoms with van der Waals surface area (Å²) in [4.78, 5) is 23.8. The fourth-order valence-corrected chi connectivity index (χ4v) is 1.90. The van der Waals surface area contributed by atoms with Crippen molar-refractivity contribution in [3.8, 4) is 0 Å². The molecule has 0 bridgehead atoms. The van der Waals surface area contributed by atoms with E-state index in [9.17, 15) is 9.59 Å². The fourth-order valence-electron chi connectivity index (χ4n) is 1.90. The molecule has 1 N–H and O–H groups in total. The third-order valence-corrected chi connectivity index (χ3v) is 3.62. The van der Waals surface area contributed by atoms with Gasteiger partial charge < -0.3 is 10.1 Å². The number of carbonyl (C=O) groups is 2. The highest BCUT2D eigenvalue weighted by atomic mass is 16.5. The van der Waals surface area contributed by atoms with Gasteiger partial charge in [0.15, 0.2) is 5.78 Å². The zero-order valence-corrected chi connectivity index (χ0v) is 11.4. The number of rotatable bonds is 6. The normalized spacial score (nSPS) is 25.2. The Bertz CT molecular complexity index is 312. The van der Waals surface area contributed by atoms with E-state index < -0.39 is 11.6 Å². The first-order chi connectivity index (χ1) is 7.83. The molecule has 3 atom stereocenters.